The summed E-state index contributed by atoms with van der Waals surface area (Å²) in [5, 5.41) is 8.79. The Morgan fingerprint density at radius 1 is 1.43 bits per heavy atom. The number of hydrogen-bond acceptors (Lipinski definition) is 5. The molecule has 0 aromatic carbocycles. The summed E-state index contributed by atoms with van der Waals surface area (Å²) in [4.78, 5) is 26.9. The van der Waals surface area contributed by atoms with Crippen LogP contribution < -0.4 is 0 Å². The van der Waals surface area contributed by atoms with Crippen LogP contribution in [0, 0.1) is 5.41 Å². The molecule has 0 unspecified atom stereocenters. The Kier molecular flexibility index (Phi) is 3.75. The zero-order valence-corrected chi connectivity index (χ0v) is 12.6. The Morgan fingerprint density at radius 2 is 2.10 bits per heavy atom. The maximum Gasteiger partial charge on any atom is 0.309 e. The molecule has 0 aliphatic carbocycles. The zero-order valence-electron chi connectivity index (χ0n) is 11.7. The van der Waals surface area contributed by atoms with E-state index < -0.39 is 27.3 Å². The van der Waals surface area contributed by atoms with Gasteiger partial charge in [0.1, 0.15) is 0 Å². The van der Waals surface area contributed by atoms with Crippen LogP contribution in [0.4, 0.5) is 0 Å². The van der Waals surface area contributed by atoms with Crippen LogP contribution >= 0.6 is 0 Å². The molecule has 114 valence electrons. The minimum absolute atomic E-state index is 0.0474. The van der Waals surface area contributed by atoms with Crippen molar-refractivity contribution in [3.63, 3.8) is 0 Å². The minimum Gasteiger partial charge on any atom is -0.481 e. The van der Waals surface area contributed by atoms with Crippen LogP contribution in [0.25, 0.3) is 0 Å². The van der Waals surface area contributed by atoms with Gasteiger partial charge in [0.2, 0.25) is 0 Å². The van der Waals surface area contributed by atoms with Gasteiger partial charge < -0.3 is 5.11 Å². The van der Waals surface area contributed by atoms with E-state index in [0.29, 0.717) is 0 Å². The highest BCUT2D eigenvalue weighted by Gasteiger charge is 2.42. The molecule has 8 heteroatoms. The van der Waals surface area contributed by atoms with Gasteiger partial charge in [-0.1, -0.05) is 0 Å². The van der Waals surface area contributed by atoms with E-state index in [9.17, 15) is 18.0 Å². The second-order valence-electron chi connectivity index (χ2n) is 5.53. The molecule has 1 aliphatic rings. The largest absolute Gasteiger partial charge is 0.481 e. The molecule has 2 rings (SSSR count). The van der Waals surface area contributed by atoms with Crippen molar-refractivity contribution in [3.05, 3.63) is 23.9 Å². The van der Waals surface area contributed by atoms with Crippen LogP contribution in [0.5, 0.6) is 0 Å². The highest BCUT2D eigenvalue weighted by atomic mass is 32.2. The Balaban J connectivity index is 2.13. The highest BCUT2D eigenvalue weighted by Crippen LogP contribution is 2.29. The maximum absolute atomic E-state index is 12.2. The number of carboxylic acids is 1. The van der Waals surface area contributed by atoms with E-state index in [2.05, 4.69) is 4.98 Å². The summed E-state index contributed by atoms with van der Waals surface area (Å²) in [6, 6.07) is 2.92. The van der Waals surface area contributed by atoms with Crippen molar-refractivity contribution in [2.45, 2.75) is 31.7 Å². The number of carbonyl (C=O) groups is 2. The summed E-state index contributed by atoms with van der Waals surface area (Å²) in [6.45, 7) is 3.08. The predicted molar refractivity (Wildman–Crippen MR) is 73.1 cm³/mol. The predicted octanol–water partition coefficient (Wildman–Crippen LogP) is 1.12. The SMILES string of the molecule is CC(C)(CCCN1C(=O)c2cccnc2S1(=O)=O)C(=O)O. The summed E-state index contributed by atoms with van der Waals surface area (Å²) in [6.07, 6.45) is 1.87. The summed E-state index contributed by atoms with van der Waals surface area (Å²) in [7, 11) is -3.91. The van der Waals surface area contributed by atoms with Crippen LogP contribution in [-0.4, -0.2) is 41.2 Å². The number of sulfonamides is 1. The second-order valence-corrected chi connectivity index (χ2v) is 7.31. The lowest BCUT2D eigenvalue weighted by Gasteiger charge is -2.20. The van der Waals surface area contributed by atoms with Crippen molar-refractivity contribution in [3.8, 4) is 0 Å². The van der Waals surface area contributed by atoms with Gasteiger partial charge in [-0.15, -0.1) is 0 Å². The molecule has 1 aromatic heterocycles. The lowest BCUT2D eigenvalue weighted by atomic mass is 9.88. The minimum atomic E-state index is -3.91. The van der Waals surface area contributed by atoms with E-state index in [1.54, 1.807) is 13.8 Å². The molecule has 1 N–H and O–H groups in total. The third-order valence-corrected chi connectivity index (χ3v) is 5.25. The maximum atomic E-state index is 12.2. The van der Waals surface area contributed by atoms with Crippen LogP contribution in [0.3, 0.4) is 0 Å². The number of aromatic nitrogens is 1. The van der Waals surface area contributed by atoms with E-state index in [1.807, 2.05) is 0 Å². The third-order valence-electron chi connectivity index (χ3n) is 3.50. The summed E-state index contributed by atoms with van der Waals surface area (Å²) in [5.74, 6) is -1.56. The average molecular weight is 312 g/mol. The average Bonchev–Trinajstić information content (AvgIpc) is 2.60. The Labute approximate surface area is 122 Å². The van der Waals surface area contributed by atoms with Crippen LogP contribution in [0.2, 0.25) is 0 Å². The van der Waals surface area contributed by atoms with Crippen molar-refractivity contribution < 1.29 is 23.1 Å². The topological polar surface area (TPSA) is 105 Å². The molecule has 1 aromatic rings. The van der Waals surface area contributed by atoms with Gasteiger partial charge in [0.05, 0.1) is 11.0 Å². The standard InChI is InChI=1S/C13H16N2O5S/c1-13(2,12(17)18)6-4-8-15-11(16)9-5-3-7-14-10(9)21(15,19)20/h3,5,7H,4,6,8H2,1-2H3,(H,17,18). The first-order chi connectivity index (χ1) is 9.68. The van der Waals surface area contributed by atoms with E-state index >= 15 is 0 Å². The normalized spacial score (nSPS) is 16.9. The fourth-order valence-corrected chi connectivity index (χ4v) is 3.62. The van der Waals surface area contributed by atoms with Crippen molar-refractivity contribution in [1.82, 2.24) is 9.29 Å². The molecule has 0 bridgehead atoms. The van der Waals surface area contributed by atoms with Crippen LogP contribution in [0.15, 0.2) is 23.4 Å². The zero-order chi connectivity index (χ0) is 15.8. The molecule has 0 atom stereocenters. The number of carbonyl (C=O) groups excluding carboxylic acids is 1. The Hall–Kier alpha value is -1.96. The molecule has 0 spiro atoms. The molecule has 0 saturated heterocycles. The molecule has 1 amide bonds. The molecule has 21 heavy (non-hydrogen) atoms. The second kappa shape index (κ2) is 5.10. The molecule has 1 aliphatic heterocycles. The number of hydrogen-bond donors (Lipinski definition) is 1. The number of amides is 1. The summed E-state index contributed by atoms with van der Waals surface area (Å²) >= 11 is 0. The third kappa shape index (κ3) is 2.63. The monoisotopic (exact) mass is 312 g/mol. The molecule has 0 fully saturated rings. The lowest BCUT2D eigenvalue weighted by molar-refractivity contribution is -0.147. The number of aliphatic carboxylic acids is 1. The quantitative estimate of drug-likeness (QED) is 0.873. The van der Waals surface area contributed by atoms with Gasteiger partial charge in [0, 0.05) is 12.7 Å². The molecular formula is C13H16N2O5S. The van der Waals surface area contributed by atoms with E-state index in [-0.39, 0.29) is 30.0 Å². The number of pyridine rings is 1. The fraction of sp³-hybridized carbons (Fsp3) is 0.462. The van der Waals surface area contributed by atoms with E-state index in [1.165, 1.54) is 18.3 Å². The summed E-state index contributed by atoms with van der Waals surface area (Å²) < 4.78 is 25.2. The van der Waals surface area contributed by atoms with Crippen molar-refractivity contribution in [2.75, 3.05) is 6.54 Å². The van der Waals surface area contributed by atoms with Gasteiger partial charge in [0.15, 0.2) is 5.03 Å². The van der Waals surface area contributed by atoms with Gasteiger partial charge in [-0.25, -0.2) is 9.29 Å². The van der Waals surface area contributed by atoms with Crippen LogP contribution in [-0.2, 0) is 14.8 Å². The van der Waals surface area contributed by atoms with Gasteiger partial charge in [-0.05, 0) is 38.8 Å². The first-order valence-corrected chi connectivity index (χ1v) is 7.87. The fourth-order valence-electron chi connectivity index (χ4n) is 2.10. The van der Waals surface area contributed by atoms with Crippen molar-refractivity contribution >= 4 is 21.9 Å². The highest BCUT2D eigenvalue weighted by molar-refractivity contribution is 7.90. The van der Waals surface area contributed by atoms with Crippen molar-refractivity contribution in [1.29, 1.82) is 0 Å². The van der Waals surface area contributed by atoms with Gasteiger partial charge >= 0.3 is 5.97 Å². The van der Waals surface area contributed by atoms with E-state index in [4.69, 9.17) is 5.11 Å². The molecule has 2 heterocycles. The van der Waals surface area contributed by atoms with Gasteiger partial charge in [0.25, 0.3) is 15.9 Å². The molecule has 0 saturated carbocycles. The van der Waals surface area contributed by atoms with E-state index in [0.717, 1.165) is 4.31 Å². The number of rotatable bonds is 5. The van der Waals surface area contributed by atoms with Gasteiger partial charge in [-0.2, -0.15) is 8.42 Å². The molecule has 0 radical (unpaired) electrons. The van der Waals surface area contributed by atoms with Crippen molar-refractivity contribution in [2.24, 2.45) is 5.41 Å². The molecule has 7 nitrogen and oxygen atoms in total. The Bertz CT molecular complexity index is 696. The van der Waals surface area contributed by atoms with Gasteiger partial charge in [-0.3, -0.25) is 9.59 Å². The van der Waals surface area contributed by atoms with Crippen LogP contribution in [0.1, 0.15) is 37.0 Å². The molecular weight excluding hydrogens is 296 g/mol. The number of nitrogens with zero attached hydrogens (tertiary/aromatic N) is 2. The Morgan fingerprint density at radius 3 is 2.67 bits per heavy atom. The number of fused-ring (bicyclic) bond motifs is 1. The first kappa shape index (κ1) is 15.4. The summed E-state index contributed by atoms with van der Waals surface area (Å²) in [5.41, 5.74) is -0.896. The first-order valence-electron chi connectivity index (χ1n) is 6.43. The smallest absolute Gasteiger partial charge is 0.309 e. The number of carboxylic acid groups (broad SMARTS) is 1. The lowest BCUT2D eigenvalue weighted by Crippen LogP contribution is -2.32.